The van der Waals surface area contributed by atoms with Crippen molar-refractivity contribution < 1.29 is 17.1 Å². The van der Waals surface area contributed by atoms with Gasteiger partial charge in [-0.3, -0.25) is 0 Å². The number of hydrogen-bond acceptors (Lipinski definition) is 0. The number of allylic oxidation sites excluding steroid dienone is 8. The smallest absolute Gasteiger partial charge is 0.147 e. The summed E-state index contributed by atoms with van der Waals surface area (Å²) in [7, 11) is 0. The Hall–Kier alpha value is 0.627. The fourth-order valence-corrected chi connectivity index (χ4v) is 26.3. The van der Waals surface area contributed by atoms with Gasteiger partial charge in [0.1, 0.15) is 0 Å². The van der Waals surface area contributed by atoms with Crippen molar-refractivity contribution in [1.82, 2.24) is 0 Å². The maximum absolute atomic E-state index is 3.16. The molecule has 0 aromatic rings. The van der Waals surface area contributed by atoms with Crippen LogP contribution in [-0.2, 0) is 17.1 Å². The van der Waals surface area contributed by atoms with Crippen molar-refractivity contribution in [1.29, 1.82) is 0 Å². The Morgan fingerprint density at radius 3 is 1.33 bits per heavy atom. The third-order valence-electron chi connectivity index (χ3n) is 5.59. The van der Waals surface area contributed by atoms with Crippen LogP contribution in [0, 0.1) is 11.8 Å². The molecule has 0 saturated heterocycles. The van der Waals surface area contributed by atoms with Gasteiger partial charge in [0, 0.05) is 0 Å². The Balaban J connectivity index is 0.00000264. The van der Waals surface area contributed by atoms with Crippen LogP contribution in [0.25, 0.3) is 0 Å². The van der Waals surface area contributed by atoms with E-state index in [1.165, 1.54) is 12.8 Å². The van der Waals surface area contributed by atoms with Gasteiger partial charge < -0.3 is 0 Å². The van der Waals surface area contributed by atoms with Gasteiger partial charge in [-0.2, -0.15) is 0 Å². The van der Waals surface area contributed by atoms with Gasteiger partial charge in [0.25, 0.3) is 0 Å². The van der Waals surface area contributed by atoms with E-state index in [2.05, 4.69) is 70.0 Å². The first-order valence-corrected chi connectivity index (χ1v) is 27.9. The van der Waals surface area contributed by atoms with Crippen LogP contribution in [0.2, 0.25) is 9.36 Å². The van der Waals surface area contributed by atoms with E-state index in [4.69, 9.17) is 0 Å². The van der Waals surface area contributed by atoms with Crippen LogP contribution in [-0.4, -0.2) is 6.94 Å². The van der Waals surface area contributed by atoms with Crippen molar-refractivity contribution in [3.8, 4) is 0 Å². The fraction of sp³-hybridized carbons (Fsp3) is 0.600. The first-order valence-electron chi connectivity index (χ1n) is 8.81. The summed E-state index contributed by atoms with van der Waals surface area (Å²) < 4.78 is 9.15. The minimum atomic E-state index is -3.16. The van der Waals surface area contributed by atoms with Crippen LogP contribution < -0.4 is 0 Å². The van der Waals surface area contributed by atoms with Gasteiger partial charge in [-0.25, -0.2) is 0 Å². The Morgan fingerprint density at radius 1 is 0.792 bits per heavy atom. The molecule has 0 heterocycles. The van der Waals surface area contributed by atoms with Crippen molar-refractivity contribution in [2.75, 3.05) is 0 Å². The summed E-state index contributed by atoms with van der Waals surface area (Å²) in [5.74, 6) is 1.32. The zero-order valence-electron chi connectivity index (χ0n) is 16.7. The van der Waals surface area contributed by atoms with Crippen LogP contribution >= 0.6 is 24.8 Å². The van der Waals surface area contributed by atoms with Crippen molar-refractivity contribution >= 4 is 31.8 Å². The molecule has 0 radical (unpaired) electrons. The third-order valence-corrected chi connectivity index (χ3v) is 29.8. The average molecular weight is 554 g/mol. The molecular weight excluding hydrogens is 518 g/mol. The molecule has 2 aliphatic rings. The maximum atomic E-state index is 2.70. The molecule has 0 N–H and O–H groups in total. The summed E-state index contributed by atoms with van der Waals surface area (Å²) in [6, 6.07) is 0. The van der Waals surface area contributed by atoms with E-state index in [0.29, 0.717) is 11.8 Å². The second kappa shape index (κ2) is 8.11. The van der Waals surface area contributed by atoms with Gasteiger partial charge >= 0.3 is 141 Å². The number of rotatable bonds is 4. The molecule has 24 heavy (non-hydrogen) atoms. The second-order valence-corrected chi connectivity index (χ2v) is 50.2. The molecular formula is C20H36Cl2HfSi. The van der Waals surface area contributed by atoms with Gasteiger partial charge in [0.15, 0.2) is 0 Å². The van der Waals surface area contributed by atoms with Gasteiger partial charge in [0.05, 0.1) is 0 Å². The topological polar surface area (TPSA) is 0 Å². The van der Waals surface area contributed by atoms with E-state index in [1.54, 1.807) is 22.3 Å². The van der Waals surface area contributed by atoms with Gasteiger partial charge in [-0.1, -0.05) is 0 Å². The zero-order chi connectivity index (χ0) is 16.9. The molecule has 0 unspecified atom stereocenters. The first-order chi connectivity index (χ1) is 9.92. The second-order valence-electron chi connectivity index (χ2n) is 9.20. The predicted octanol–water partition coefficient (Wildman–Crippen LogP) is 6.68. The maximum Gasteiger partial charge on any atom is -0.147 e. The van der Waals surface area contributed by atoms with E-state index >= 15 is 0 Å². The largest absolute Gasteiger partial charge is 0.147 e. The molecule has 0 aromatic heterocycles. The summed E-state index contributed by atoms with van der Waals surface area (Å²) in [5, 5.41) is 0. The zero-order valence-corrected chi connectivity index (χ0v) is 23.4. The number of hydrogen-bond donors (Lipinski definition) is 0. The van der Waals surface area contributed by atoms with Gasteiger partial charge in [0.2, 0.25) is 0 Å². The third kappa shape index (κ3) is 4.48. The van der Waals surface area contributed by atoms with Crippen molar-refractivity contribution in [3.05, 3.63) is 41.1 Å². The van der Waals surface area contributed by atoms with Crippen molar-refractivity contribution in [2.24, 2.45) is 11.8 Å². The molecule has 0 saturated carbocycles. The van der Waals surface area contributed by atoms with Gasteiger partial charge in [-0.05, 0) is 0 Å². The summed E-state index contributed by atoms with van der Waals surface area (Å²) >= 11 is -3.16. The summed E-state index contributed by atoms with van der Waals surface area (Å²) in [6.07, 6.45) is 7.49. The Kier molecular flexibility index (Phi) is 8.32. The first kappa shape index (κ1) is 24.6. The summed E-state index contributed by atoms with van der Waals surface area (Å²) in [4.78, 5) is 0. The molecule has 2 rings (SSSR count). The van der Waals surface area contributed by atoms with Crippen LogP contribution in [0.3, 0.4) is 0 Å². The molecule has 0 spiro atoms. The minimum absolute atomic E-state index is 0. The standard InChI is InChI=1S/2C9H13.2CH3.2ClH.Hf.H2Si/c2*1-7(2)9-5-4-8(3)6-9;;;;;;/h2*6-7H,4H2,1-3H3;2*1H3;2*1H;;1H2. The monoisotopic (exact) mass is 554 g/mol. The van der Waals surface area contributed by atoms with Gasteiger partial charge in [-0.15, -0.1) is 24.8 Å². The van der Waals surface area contributed by atoms with Crippen LogP contribution in [0.1, 0.15) is 54.4 Å². The Labute approximate surface area is 164 Å². The quantitative estimate of drug-likeness (QED) is 0.341. The normalized spacial score (nSPS) is 18.8. The molecule has 0 amide bonds. The van der Waals surface area contributed by atoms with E-state index < -0.39 is 17.1 Å². The average Bonchev–Trinajstić information content (AvgIpc) is 2.93. The van der Waals surface area contributed by atoms with E-state index in [-0.39, 0.29) is 24.8 Å². The molecule has 0 fully saturated rings. The van der Waals surface area contributed by atoms with Crippen LogP contribution in [0.5, 0.6) is 0 Å². The van der Waals surface area contributed by atoms with E-state index in [9.17, 15) is 0 Å². The Bertz CT molecular complexity index is 643. The van der Waals surface area contributed by atoms with E-state index in [1.807, 2.05) is 6.66 Å². The minimum Gasteiger partial charge on any atom is -0.147 e. The molecule has 138 valence electrons. The molecule has 0 aliphatic heterocycles. The molecule has 0 nitrogen and oxygen atoms in total. The van der Waals surface area contributed by atoms with Crippen molar-refractivity contribution in [2.45, 2.75) is 63.7 Å². The molecule has 2 aliphatic carbocycles. The molecule has 4 heteroatoms. The van der Waals surface area contributed by atoms with E-state index in [0.717, 1.165) is 0 Å². The molecule has 0 bridgehead atoms. The fourth-order valence-electron chi connectivity index (χ4n) is 4.27. The molecule has 0 atom stereocenters. The summed E-state index contributed by atoms with van der Waals surface area (Å²) in [6.45, 7) is 16.6. The van der Waals surface area contributed by atoms with Crippen molar-refractivity contribution in [3.63, 3.8) is 0 Å². The van der Waals surface area contributed by atoms with Crippen LogP contribution in [0.4, 0.5) is 0 Å². The Morgan fingerprint density at radius 2 is 1.08 bits per heavy atom. The SMILES string of the molecule is CC1=CC(C(C)C)=[C]([Hf]([CH3])([CH3])(=[SiH2])[C]2=C(C(C)C)C=C(C)C2)C1.Cl.Cl. The summed E-state index contributed by atoms with van der Waals surface area (Å²) in [5.41, 5.74) is 6.50. The predicted molar refractivity (Wildman–Crippen MR) is 115 cm³/mol. The number of halogens is 2. The van der Waals surface area contributed by atoms with Crippen LogP contribution in [0.15, 0.2) is 41.1 Å². The molecule has 0 aromatic carbocycles.